The maximum Gasteiger partial charge on any atom is 0.109 e. The van der Waals surface area contributed by atoms with Crippen molar-refractivity contribution in [2.24, 2.45) is 5.73 Å². The Morgan fingerprint density at radius 2 is 2.00 bits per heavy atom. The lowest BCUT2D eigenvalue weighted by molar-refractivity contribution is 0.772. The molecule has 1 heterocycles. The van der Waals surface area contributed by atoms with E-state index in [0.29, 0.717) is 5.92 Å². The molecule has 1 unspecified atom stereocenters. The number of thiazole rings is 1. The average molecular weight is 207 g/mol. The molecule has 0 saturated carbocycles. The smallest absolute Gasteiger partial charge is 0.109 e. The molecule has 0 aromatic carbocycles. The molecule has 1 atom stereocenters. The van der Waals surface area contributed by atoms with E-state index >= 15 is 0 Å². The van der Waals surface area contributed by atoms with E-state index in [1.807, 2.05) is 6.92 Å². The van der Waals surface area contributed by atoms with Gasteiger partial charge in [0, 0.05) is 5.38 Å². The Bertz CT molecular complexity index is 210. The first-order valence-corrected chi connectivity index (χ1v) is 4.70. The van der Waals surface area contributed by atoms with Crippen LogP contribution in [0.25, 0.3) is 0 Å². The lowest BCUT2D eigenvalue weighted by atomic mass is 10.2. The summed E-state index contributed by atoms with van der Waals surface area (Å²) >= 11 is 1.65. The van der Waals surface area contributed by atoms with Gasteiger partial charge in [0.15, 0.2) is 0 Å². The van der Waals surface area contributed by atoms with Gasteiger partial charge < -0.3 is 5.73 Å². The van der Waals surface area contributed by atoms with Crippen molar-refractivity contribution in [3.05, 3.63) is 16.1 Å². The molecule has 0 spiro atoms. The Hall–Kier alpha value is -0.120. The molecule has 0 radical (unpaired) electrons. The minimum atomic E-state index is 0. The minimum Gasteiger partial charge on any atom is -0.322 e. The van der Waals surface area contributed by atoms with Gasteiger partial charge in [0.1, 0.15) is 5.01 Å². The van der Waals surface area contributed by atoms with Crippen LogP contribution in [0.15, 0.2) is 5.38 Å². The van der Waals surface area contributed by atoms with E-state index in [1.54, 1.807) is 11.3 Å². The maximum absolute atomic E-state index is 5.68. The van der Waals surface area contributed by atoms with E-state index in [0.717, 1.165) is 10.7 Å². The van der Waals surface area contributed by atoms with Gasteiger partial charge in [-0.1, -0.05) is 13.8 Å². The molecule has 0 amide bonds. The van der Waals surface area contributed by atoms with Gasteiger partial charge in [-0.2, -0.15) is 0 Å². The second-order valence-electron chi connectivity index (χ2n) is 3.05. The monoisotopic (exact) mass is 206 g/mol. The van der Waals surface area contributed by atoms with Gasteiger partial charge in [0.05, 0.1) is 11.7 Å². The molecule has 0 aliphatic carbocycles. The number of aromatic nitrogens is 1. The molecule has 0 aliphatic heterocycles. The molecule has 2 N–H and O–H groups in total. The van der Waals surface area contributed by atoms with Crippen molar-refractivity contribution in [2.45, 2.75) is 32.7 Å². The third kappa shape index (κ3) is 2.73. The Balaban J connectivity index is 0.00000121. The Labute approximate surface area is 83.6 Å². The zero-order valence-electron chi connectivity index (χ0n) is 7.57. The number of hydrogen-bond donors (Lipinski definition) is 1. The second kappa shape index (κ2) is 4.80. The van der Waals surface area contributed by atoms with Crippen molar-refractivity contribution in [1.29, 1.82) is 0 Å². The zero-order chi connectivity index (χ0) is 8.43. The predicted octanol–water partition coefficient (Wildman–Crippen LogP) is 2.71. The normalized spacial score (nSPS) is 12.8. The summed E-state index contributed by atoms with van der Waals surface area (Å²) in [6.07, 6.45) is 0. The average Bonchev–Trinajstić information content (AvgIpc) is 2.33. The molecule has 12 heavy (non-hydrogen) atoms. The Kier molecular flexibility index (Phi) is 4.75. The van der Waals surface area contributed by atoms with Crippen LogP contribution in [-0.4, -0.2) is 4.98 Å². The van der Waals surface area contributed by atoms with E-state index in [9.17, 15) is 0 Å². The van der Waals surface area contributed by atoms with E-state index in [4.69, 9.17) is 5.73 Å². The first-order chi connectivity index (χ1) is 5.11. The topological polar surface area (TPSA) is 38.9 Å². The standard InChI is InChI=1S/C8H14N2S.ClH/c1-5(2)7-4-11-8(10-7)6(3)9;/h4-6H,9H2,1-3H3;1H. The number of nitrogens with two attached hydrogens (primary N) is 1. The number of nitrogens with zero attached hydrogens (tertiary/aromatic N) is 1. The van der Waals surface area contributed by atoms with Crippen LogP contribution in [0.3, 0.4) is 0 Å². The highest BCUT2D eigenvalue weighted by atomic mass is 35.5. The SMILES string of the molecule is CC(C)c1csc(C(C)N)n1.Cl. The van der Waals surface area contributed by atoms with Crippen molar-refractivity contribution >= 4 is 23.7 Å². The van der Waals surface area contributed by atoms with Crippen LogP contribution in [0.2, 0.25) is 0 Å². The van der Waals surface area contributed by atoms with Gasteiger partial charge in [-0.3, -0.25) is 0 Å². The van der Waals surface area contributed by atoms with Gasteiger partial charge in [0.25, 0.3) is 0 Å². The molecule has 0 fully saturated rings. The molecule has 4 heteroatoms. The summed E-state index contributed by atoms with van der Waals surface area (Å²) in [6.45, 7) is 6.24. The molecule has 2 nitrogen and oxygen atoms in total. The number of rotatable bonds is 2. The first kappa shape index (κ1) is 11.9. The van der Waals surface area contributed by atoms with Gasteiger partial charge in [-0.25, -0.2) is 4.98 Å². The second-order valence-corrected chi connectivity index (χ2v) is 3.94. The minimum absolute atomic E-state index is 0. The van der Waals surface area contributed by atoms with E-state index in [-0.39, 0.29) is 18.4 Å². The summed E-state index contributed by atoms with van der Waals surface area (Å²) in [7, 11) is 0. The van der Waals surface area contributed by atoms with Crippen molar-refractivity contribution in [1.82, 2.24) is 4.98 Å². The van der Waals surface area contributed by atoms with Crippen LogP contribution in [0.4, 0.5) is 0 Å². The van der Waals surface area contributed by atoms with Crippen LogP contribution in [0.1, 0.15) is 43.4 Å². The van der Waals surface area contributed by atoms with Crippen LogP contribution in [-0.2, 0) is 0 Å². The molecule has 0 bridgehead atoms. The van der Waals surface area contributed by atoms with Crippen molar-refractivity contribution in [3.8, 4) is 0 Å². The highest BCUT2D eigenvalue weighted by Gasteiger charge is 2.07. The maximum atomic E-state index is 5.68. The van der Waals surface area contributed by atoms with E-state index in [2.05, 4.69) is 24.2 Å². The molecule has 1 aromatic rings. The van der Waals surface area contributed by atoms with E-state index < -0.39 is 0 Å². The lowest BCUT2D eigenvalue weighted by Gasteiger charge is -1.99. The summed E-state index contributed by atoms with van der Waals surface area (Å²) < 4.78 is 0. The highest BCUT2D eigenvalue weighted by Crippen LogP contribution is 2.20. The van der Waals surface area contributed by atoms with Gasteiger partial charge in [-0.15, -0.1) is 23.7 Å². The summed E-state index contributed by atoms with van der Waals surface area (Å²) in [5.41, 5.74) is 6.83. The van der Waals surface area contributed by atoms with Gasteiger partial charge in [0.2, 0.25) is 0 Å². The molecular formula is C8H15ClN2S. The fourth-order valence-corrected chi connectivity index (χ4v) is 1.71. The lowest BCUT2D eigenvalue weighted by Crippen LogP contribution is -2.04. The number of halogens is 1. The molecule has 1 rings (SSSR count). The van der Waals surface area contributed by atoms with Crippen molar-refractivity contribution in [2.75, 3.05) is 0 Å². The van der Waals surface area contributed by atoms with Crippen molar-refractivity contribution < 1.29 is 0 Å². The number of hydrogen-bond acceptors (Lipinski definition) is 3. The van der Waals surface area contributed by atoms with Crippen LogP contribution in [0, 0.1) is 0 Å². The highest BCUT2D eigenvalue weighted by molar-refractivity contribution is 7.09. The first-order valence-electron chi connectivity index (χ1n) is 3.82. The molecule has 0 aliphatic rings. The molecule has 0 saturated heterocycles. The fraction of sp³-hybridized carbons (Fsp3) is 0.625. The van der Waals surface area contributed by atoms with Gasteiger partial charge >= 0.3 is 0 Å². The quantitative estimate of drug-likeness (QED) is 0.808. The largest absolute Gasteiger partial charge is 0.322 e. The van der Waals surface area contributed by atoms with Crippen LogP contribution in [0.5, 0.6) is 0 Å². The summed E-state index contributed by atoms with van der Waals surface area (Å²) in [4.78, 5) is 4.40. The summed E-state index contributed by atoms with van der Waals surface area (Å²) in [5.74, 6) is 0.513. The molecular weight excluding hydrogens is 192 g/mol. The third-order valence-electron chi connectivity index (χ3n) is 1.52. The summed E-state index contributed by atoms with van der Waals surface area (Å²) in [6, 6.07) is 0.0764. The third-order valence-corrected chi connectivity index (χ3v) is 2.58. The van der Waals surface area contributed by atoms with Gasteiger partial charge in [-0.05, 0) is 12.8 Å². The van der Waals surface area contributed by atoms with Crippen LogP contribution < -0.4 is 5.73 Å². The predicted molar refractivity (Wildman–Crippen MR) is 56.1 cm³/mol. The Morgan fingerprint density at radius 3 is 2.25 bits per heavy atom. The molecule has 70 valence electrons. The molecule has 1 aromatic heterocycles. The zero-order valence-corrected chi connectivity index (χ0v) is 9.21. The fourth-order valence-electron chi connectivity index (χ4n) is 0.775. The van der Waals surface area contributed by atoms with E-state index in [1.165, 1.54) is 0 Å². The summed E-state index contributed by atoms with van der Waals surface area (Å²) in [5, 5.41) is 3.12. The van der Waals surface area contributed by atoms with Crippen molar-refractivity contribution in [3.63, 3.8) is 0 Å². The van der Waals surface area contributed by atoms with Crippen LogP contribution >= 0.6 is 23.7 Å². The Morgan fingerprint density at radius 1 is 1.42 bits per heavy atom.